The van der Waals surface area contributed by atoms with Gasteiger partial charge in [0.15, 0.2) is 11.5 Å². The normalized spacial score (nSPS) is 14.1. The number of esters is 1. The Kier molecular flexibility index (Phi) is 7.37. The van der Waals surface area contributed by atoms with Crippen LogP contribution in [0.2, 0.25) is 0 Å². The molecular formula is C35H34N2O5. The lowest BCUT2D eigenvalue weighted by molar-refractivity contribution is -0.139. The number of Topliss-reactive ketones (excluding diaryl/α,β-unsaturated/α-hetero) is 2. The molecular weight excluding hydrogens is 528 g/mol. The number of rotatable bonds is 8. The number of H-pyrrole nitrogens is 1. The zero-order valence-corrected chi connectivity index (χ0v) is 24.8. The summed E-state index contributed by atoms with van der Waals surface area (Å²) in [6.45, 7) is 13.2. The Hall–Kier alpha value is -4.91. The fourth-order valence-electron chi connectivity index (χ4n) is 5.46. The van der Waals surface area contributed by atoms with Crippen LogP contribution in [-0.4, -0.2) is 34.2 Å². The number of hydrogen-bond acceptors (Lipinski definition) is 5. The summed E-state index contributed by atoms with van der Waals surface area (Å²) < 4.78 is 13.4. The maximum Gasteiger partial charge on any atom is 0.308 e. The first kappa shape index (κ1) is 28.6. The van der Waals surface area contributed by atoms with Crippen LogP contribution >= 0.6 is 0 Å². The lowest BCUT2D eigenvalue weighted by Gasteiger charge is -2.24. The number of carbonyl (C=O) groups excluding carboxylic acids is 3. The first-order valence-corrected chi connectivity index (χ1v) is 13.8. The molecule has 0 aliphatic heterocycles. The highest BCUT2D eigenvalue weighted by atomic mass is 16.5. The van der Waals surface area contributed by atoms with Crippen molar-refractivity contribution in [3.05, 3.63) is 107 Å². The summed E-state index contributed by atoms with van der Waals surface area (Å²) in [7, 11) is 1.38. The third kappa shape index (κ3) is 4.71. The van der Waals surface area contributed by atoms with Crippen molar-refractivity contribution in [3.63, 3.8) is 0 Å². The second-order valence-electron chi connectivity index (χ2n) is 11.2. The third-order valence-corrected chi connectivity index (χ3v) is 7.62. The summed E-state index contributed by atoms with van der Waals surface area (Å²) in [6.07, 6.45) is 6.15. The van der Waals surface area contributed by atoms with Crippen molar-refractivity contribution in [2.24, 2.45) is 0 Å². The van der Waals surface area contributed by atoms with Crippen LogP contribution in [0.1, 0.15) is 51.4 Å². The summed E-state index contributed by atoms with van der Waals surface area (Å²) >= 11 is 0. The lowest BCUT2D eigenvalue weighted by atomic mass is 9.84. The molecule has 2 aromatic heterocycles. The van der Waals surface area contributed by atoms with Gasteiger partial charge in [0.25, 0.3) is 0 Å². The Labute approximate surface area is 244 Å². The van der Waals surface area contributed by atoms with Crippen molar-refractivity contribution in [2.45, 2.75) is 46.6 Å². The van der Waals surface area contributed by atoms with Crippen LogP contribution in [0.5, 0.6) is 0 Å². The van der Waals surface area contributed by atoms with Crippen LogP contribution in [0, 0.1) is 0 Å². The number of nitrogens with one attached hydrogen (secondary N) is 1. The van der Waals surface area contributed by atoms with Crippen LogP contribution in [0.25, 0.3) is 33.0 Å². The number of benzene rings is 2. The summed E-state index contributed by atoms with van der Waals surface area (Å²) in [5.74, 6) is -2.26. The number of carbonyl (C=O) groups is 3. The molecule has 0 saturated heterocycles. The van der Waals surface area contributed by atoms with Crippen molar-refractivity contribution in [3.8, 4) is 0 Å². The van der Waals surface area contributed by atoms with Gasteiger partial charge in [-0.15, -0.1) is 6.58 Å². The van der Waals surface area contributed by atoms with Crippen molar-refractivity contribution in [1.82, 2.24) is 9.55 Å². The maximum absolute atomic E-state index is 14.5. The Balaban J connectivity index is 1.83. The topological polar surface area (TPSA) is 90.4 Å². The van der Waals surface area contributed by atoms with E-state index in [0.717, 1.165) is 33.1 Å². The molecule has 4 aromatic rings. The monoisotopic (exact) mass is 562 g/mol. The average molecular weight is 563 g/mol. The third-order valence-electron chi connectivity index (χ3n) is 7.62. The van der Waals surface area contributed by atoms with Gasteiger partial charge in [-0.3, -0.25) is 14.4 Å². The van der Waals surface area contributed by atoms with Crippen LogP contribution < -0.4 is 0 Å². The van der Waals surface area contributed by atoms with Gasteiger partial charge in [-0.25, -0.2) is 0 Å². The second-order valence-corrected chi connectivity index (χ2v) is 11.2. The van der Waals surface area contributed by atoms with E-state index in [2.05, 4.69) is 11.6 Å². The van der Waals surface area contributed by atoms with Crippen molar-refractivity contribution in [1.29, 1.82) is 0 Å². The minimum Gasteiger partial charge on any atom is -0.492 e. The van der Waals surface area contributed by atoms with Gasteiger partial charge >= 0.3 is 5.97 Å². The number of para-hydroxylation sites is 2. The quantitative estimate of drug-likeness (QED) is 0.141. The molecule has 1 N–H and O–H groups in total. The van der Waals surface area contributed by atoms with Crippen LogP contribution in [-0.2, 0) is 35.8 Å². The molecule has 0 amide bonds. The fraction of sp³-hybridized carbons (Fsp3) is 0.229. The highest BCUT2D eigenvalue weighted by Crippen LogP contribution is 2.43. The molecule has 0 unspecified atom stereocenters. The molecule has 0 radical (unpaired) electrons. The highest BCUT2D eigenvalue weighted by Gasteiger charge is 2.42. The van der Waals surface area contributed by atoms with E-state index in [1.54, 1.807) is 0 Å². The number of nitrogens with zero attached hydrogens (tertiary/aromatic N) is 1. The number of ketones is 2. The molecule has 0 spiro atoms. The number of aromatic nitrogens is 2. The van der Waals surface area contributed by atoms with Crippen molar-refractivity contribution in [2.75, 3.05) is 7.11 Å². The molecule has 0 saturated carbocycles. The molecule has 5 rings (SSSR count). The van der Waals surface area contributed by atoms with E-state index in [4.69, 9.17) is 9.47 Å². The molecule has 1 aliphatic carbocycles. The smallest absolute Gasteiger partial charge is 0.308 e. The van der Waals surface area contributed by atoms with E-state index >= 15 is 0 Å². The van der Waals surface area contributed by atoms with Crippen LogP contribution in [0.3, 0.4) is 0 Å². The predicted octanol–water partition coefficient (Wildman–Crippen LogP) is 7.04. The van der Waals surface area contributed by atoms with Gasteiger partial charge in [0.05, 0.1) is 23.8 Å². The van der Waals surface area contributed by atoms with E-state index in [-0.39, 0.29) is 22.7 Å². The molecule has 7 nitrogen and oxygen atoms in total. The Morgan fingerprint density at radius 3 is 2.24 bits per heavy atom. The van der Waals surface area contributed by atoms with Gasteiger partial charge in [-0.2, -0.15) is 0 Å². The van der Waals surface area contributed by atoms with Gasteiger partial charge in [-0.1, -0.05) is 54.1 Å². The summed E-state index contributed by atoms with van der Waals surface area (Å²) in [6, 6.07) is 15.1. The number of ether oxygens (including phenoxy) is 2. The molecule has 1 aliphatic rings. The molecule has 2 heterocycles. The first-order chi connectivity index (χ1) is 20.0. The van der Waals surface area contributed by atoms with E-state index in [1.807, 2.05) is 99.1 Å². The van der Waals surface area contributed by atoms with Gasteiger partial charge in [0.2, 0.25) is 11.6 Å². The number of methoxy groups -OCH3 is 1. The highest BCUT2D eigenvalue weighted by molar-refractivity contribution is 6.48. The number of allylic oxidation sites excluding steroid dienone is 5. The second kappa shape index (κ2) is 10.8. The van der Waals surface area contributed by atoms with Gasteiger partial charge < -0.3 is 19.0 Å². The van der Waals surface area contributed by atoms with E-state index in [0.29, 0.717) is 17.5 Å². The molecule has 214 valence electrons. The standard InChI is InChI=1S/C35H34N2O5/c1-8-35(5,6)37-19-24(22-13-10-12-16-27(22)37)29-31(39)34(42-21(4)38)30(32(40)33(29)41-7)28-23-14-9-11-15-25(23)36-26(28)18-17-20(2)3/h8-17,19,36H,1,18H2,2-7H3. The molecule has 0 atom stereocenters. The minimum atomic E-state index is -0.704. The lowest BCUT2D eigenvalue weighted by Crippen LogP contribution is -2.26. The SMILES string of the molecule is C=CC(C)(C)n1cc(C2=C(OC)C(=O)C(c3c(CC=C(C)C)[nH]c4ccccc34)=C(OC(C)=O)C2=O)c2ccccc21. The van der Waals surface area contributed by atoms with E-state index in [9.17, 15) is 14.4 Å². The van der Waals surface area contributed by atoms with Gasteiger partial charge in [0.1, 0.15) is 0 Å². The number of fused-ring (bicyclic) bond motifs is 2. The predicted molar refractivity (Wildman–Crippen MR) is 166 cm³/mol. The van der Waals surface area contributed by atoms with Crippen LogP contribution in [0.4, 0.5) is 0 Å². The van der Waals surface area contributed by atoms with Gasteiger partial charge in [0, 0.05) is 58.2 Å². The molecule has 0 bridgehead atoms. The van der Waals surface area contributed by atoms with Crippen LogP contribution in [0.15, 0.2) is 90.6 Å². The zero-order chi connectivity index (χ0) is 30.3. The summed E-state index contributed by atoms with van der Waals surface area (Å²) in [5.41, 5.74) is 4.03. The number of aromatic amines is 1. The Morgan fingerprint density at radius 1 is 0.952 bits per heavy atom. The van der Waals surface area contributed by atoms with E-state index < -0.39 is 23.1 Å². The summed E-state index contributed by atoms with van der Waals surface area (Å²) in [5, 5.41) is 1.48. The van der Waals surface area contributed by atoms with Crippen molar-refractivity contribution < 1.29 is 23.9 Å². The Bertz CT molecular complexity index is 1890. The zero-order valence-electron chi connectivity index (χ0n) is 24.8. The van der Waals surface area contributed by atoms with E-state index in [1.165, 1.54) is 14.0 Å². The molecule has 7 heteroatoms. The largest absolute Gasteiger partial charge is 0.492 e. The Morgan fingerprint density at radius 2 is 1.60 bits per heavy atom. The minimum absolute atomic E-state index is 0.000524. The average Bonchev–Trinajstić information content (AvgIpc) is 3.52. The molecule has 2 aromatic carbocycles. The molecule has 0 fully saturated rings. The fourth-order valence-corrected chi connectivity index (χ4v) is 5.46. The molecule has 42 heavy (non-hydrogen) atoms. The summed E-state index contributed by atoms with van der Waals surface area (Å²) in [4.78, 5) is 44.8. The maximum atomic E-state index is 14.5. The van der Waals surface area contributed by atoms with Crippen molar-refractivity contribution >= 4 is 50.5 Å². The van der Waals surface area contributed by atoms with Gasteiger partial charge in [-0.05, 0) is 39.8 Å². The number of hydrogen-bond donors (Lipinski definition) is 1. The first-order valence-electron chi connectivity index (χ1n) is 13.8.